The van der Waals surface area contributed by atoms with Gasteiger partial charge in [0.05, 0.1) is 13.2 Å². The summed E-state index contributed by atoms with van der Waals surface area (Å²) in [6.45, 7) is 0.995. The van der Waals surface area contributed by atoms with Crippen LogP contribution in [-0.2, 0) is 17.8 Å². The highest BCUT2D eigenvalue weighted by atomic mass is 35.5. The van der Waals surface area contributed by atoms with E-state index in [1.54, 1.807) is 12.1 Å². The number of rotatable bonds is 5. The first-order valence-corrected chi connectivity index (χ1v) is 5.92. The van der Waals surface area contributed by atoms with Gasteiger partial charge < -0.3 is 10.5 Å². The van der Waals surface area contributed by atoms with E-state index >= 15 is 0 Å². The highest BCUT2D eigenvalue weighted by molar-refractivity contribution is 5.85. The first kappa shape index (κ1) is 15.5. The van der Waals surface area contributed by atoms with E-state index in [1.807, 2.05) is 30.3 Å². The maximum Gasteiger partial charge on any atom is 0.128 e. The first-order valence-electron chi connectivity index (χ1n) is 5.92. The Morgan fingerprint density at radius 3 is 2.42 bits per heavy atom. The number of ether oxygens (including phenoxy) is 1. The van der Waals surface area contributed by atoms with E-state index in [4.69, 9.17) is 10.5 Å². The molecule has 0 unspecified atom stereocenters. The molecule has 2 rings (SSSR count). The van der Waals surface area contributed by atoms with Gasteiger partial charge in [0.1, 0.15) is 5.82 Å². The standard InChI is InChI=1S/C15H16FNO.ClH/c16-14-7-4-8-15(17)13(14)9-10-18-11-12-5-2-1-3-6-12;/h1-8H,9-11,17H2;1H. The van der Waals surface area contributed by atoms with Crippen LogP contribution in [0.5, 0.6) is 0 Å². The van der Waals surface area contributed by atoms with Gasteiger partial charge in [-0.2, -0.15) is 0 Å². The predicted octanol–water partition coefficient (Wildman–Crippen LogP) is 3.59. The van der Waals surface area contributed by atoms with Gasteiger partial charge in [-0.05, 0) is 17.7 Å². The highest BCUT2D eigenvalue weighted by Crippen LogP contribution is 2.16. The maximum atomic E-state index is 13.5. The lowest BCUT2D eigenvalue weighted by Gasteiger charge is -2.08. The van der Waals surface area contributed by atoms with Crippen LogP contribution in [0.25, 0.3) is 0 Å². The Labute approximate surface area is 118 Å². The molecule has 102 valence electrons. The molecule has 2 N–H and O–H groups in total. The van der Waals surface area contributed by atoms with Crippen LogP contribution in [0, 0.1) is 5.82 Å². The monoisotopic (exact) mass is 281 g/mol. The Morgan fingerprint density at radius 2 is 1.74 bits per heavy atom. The summed E-state index contributed by atoms with van der Waals surface area (Å²) in [6, 6.07) is 14.6. The van der Waals surface area contributed by atoms with Gasteiger partial charge in [0.15, 0.2) is 0 Å². The Bertz CT molecular complexity index is 485. The van der Waals surface area contributed by atoms with Crippen molar-refractivity contribution in [3.05, 3.63) is 65.5 Å². The summed E-state index contributed by atoms with van der Waals surface area (Å²) in [4.78, 5) is 0. The molecule has 0 spiro atoms. The molecular weight excluding hydrogens is 265 g/mol. The molecule has 0 atom stereocenters. The van der Waals surface area contributed by atoms with Crippen molar-refractivity contribution < 1.29 is 9.13 Å². The second kappa shape index (κ2) is 7.77. The summed E-state index contributed by atoms with van der Waals surface area (Å²) < 4.78 is 19.0. The molecule has 0 saturated carbocycles. The van der Waals surface area contributed by atoms with E-state index < -0.39 is 0 Å². The highest BCUT2D eigenvalue weighted by Gasteiger charge is 2.05. The number of nitrogen functional groups attached to an aromatic ring is 1. The van der Waals surface area contributed by atoms with Gasteiger partial charge in [0, 0.05) is 17.7 Å². The van der Waals surface area contributed by atoms with E-state index in [0.717, 1.165) is 5.56 Å². The summed E-state index contributed by atoms with van der Waals surface area (Å²) in [6.07, 6.45) is 0.491. The quantitative estimate of drug-likeness (QED) is 0.671. The molecule has 0 aliphatic rings. The van der Waals surface area contributed by atoms with Crippen LogP contribution in [0.2, 0.25) is 0 Å². The molecule has 2 nitrogen and oxygen atoms in total. The Morgan fingerprint density at radius 1 is 1.00 bits per heavy atom. The summed E-state index contributed by atoms with van der Waals surface area (Å²) >= 11 is 0. The molecule has 4 heteroatoms. The van der Waals surface area contributed by atoms with Crippen LogP contribution < -0.4 is 5.73 Å². The fraction of sp³-hybridized carbons (Fsp3) is 0.200. The van der Waals surface area contributed by atoms with Crippen molar-refractivity contribution in [3.8, 4) is 0 Å². The SMILES string of the molecule is Cl.Nc1cccc(F)c1CCOCc1ccccc1. The van der Waals surface area contributed by atoms with Crippen LogP contribution in [0.1, 0.15) is 11.1 Å². The van der Waals surface area contributed by atoms with Gasteiger partial charge in [-0.25, -0.2) is 4.39 Å². The lowest BCUT2D eigenvalue weighted by molar-refractivity contribution is 0.123. The van der Waals surface area contributed by atoms with Crippen molar-refractivity contribution >= 4 is 18.1 Å². The largest absolute Gasteiger partial charge is 0.398 e. The molecule has 0 amide bonds. The Kier molecular flexibility index (Phi) is 6.33. The molecule has 0 aromatic heterocycles. The second-order valence-corrected chi connectivity index (χ2v) is 4.10. The molecule has 0 fully saturated rings. The lowest BCUT2D eigenvalue weighted by Crippen LogP contribution is -2.04. The molecule has 2 aromatic rings. The van der Waals surface area contributed by atoms with Gasteiger partial charge in [-0.15, -0.1) is 12.4 Å². The lowest BCUT2D eigenvalue weighted by atomic mass is 10.1. The zero-order valence-corrected chi connectivity index (χ0v) is 11.3. The minimum Gasteiger partial charge on any atom is -0.398 e. The van der Waals surface area contributed by atoms with Crippen molar-refractivity contribution in [2.45, 2.75) is 13.0 Å². The van der Waals surface area contributed by atoms with E-state index in [1.165, 1.54) is 6.07 Å². The number of benzene rings is 2. The molecule has 0 bridgehead atoms. The molecule has 0 radical (unpaired) electrons. The van der Waals surface area contributed by atoms with Gasteiger partial charge in [0.2, 0.25) is 0 Å². The fourth-order valence-electron chi connectivity index (χ4n) is 1.78. The summed E-state index contributed by atoms with van der Waals surface area (Å²) in [7, 11) is 0. The van der Waals surface area contributed by atoms with E-state index in [0.29, 0.717) is 30.9 Å². The minimum absolute atomic E-state index is 0. The van der Waals surface area contributed by atoms with Crippen molar-refractivity contribution in [3.63, 3.8) is 0 Å². The van der Waals surface area contributed by atoms with Crippen LogP contribution in [-0.4, -0.2) is 6.61 Å². The van der Waals surface area contributed by atoms with Crippen LogP contribution in [0.4, 0.5) is 10.1 Å². The van der Waals surface area contributed by atoms with Gasteiger partial charge >= 0.3 is 0 Å². The van der Waals surface area contributed by atoms with E-state index in [-0.39, 0.29) is 18.2 Å². The first-order chi connectivity index (χ1) is 8.77. The van der Waals surface area contributed by atoms with E-state index in [9.17, 15) is 4.39 Å². The topological polar surface area (TPSA) is 35.2 Å². The van der Waals surface area contributed by atoms with Crippen LogP contribution in [0.15, 0.2) is 48.5 Å². The molecule has 19 heavy (non-hydrogen) atoms. The molecule has 2 aromatic carbocycles. The normalized spacial score (nSPS) is 9.95. The van der Waals surface area contributed by atoms with Crippen molar-refractivity contribution in [1.82, 2.24) is 0 Å². The maximum absolute atomic E-state index is 13.5. The number of hydrogen-bond acceptors (Lipinski definition) is 2. The van der Waals surface area contributed by atoms with Crippen LogP contribution in [0.3, 0.4) is 0 Å². The zero-order valence-electron chi connectivity index (χ0n) is 10.5. The predicted molar refractivity (Wildman–Crippen MR) is 77.9 cm³/mol. The smallest absolute Gasteiger partial charge is 0.128 e. The third-order valence-corrected chi connectivity index (χ3v) is 2.76. The van der Waals surface area contributed by atoms with E-state index in [2.05, 4.69) is 0 Å². The summed E-state index contributed by atoms with van der Waals surface area (Å²) in [5.74, 6) is -0.265. The third kappa shape index (κ3) is 4.54. The molecule has 0 aliphatic heterocycles. The molecule has 0 heterocycles. The zero-order chi connectivity index (χ0) is 12.8. The van der Waals surface area contributed by atoms with Crippen LogP contribution >= 0.6 is 12.4 Å². The number of hydrogen-bond donors (Lipinski definition) is 1. The number of halogens is 2. The molecule has 0 saturated heterocycles. The Hall–Kier alpha value is -1.58. The summed E-state index contributed by atoms with van der Waals surface area (Å²) in [5.41, 5.74) is 7.85. The van der Waals surface area contributed by atoms with Crippen molar-refractivity contribution in [2.75, 3.05) is 12.3 Å². The van der Waals surface area contributed by atoms with Crippen molar-refractivity contribution in [1.29, 1.82) is 0 Å². The average Bonchev–Trinajstić information content (AvgIpc) is 2.38. The van der Waals surface area contributed by atoms with Gasteiger partial charge in [-0.1, -0.05) is 36.4 Å². The molecule has 0 aliphatic carbocycles. The average molecular weight is 282 g/mol. The fourth-order valence-corrected chi connectivity index (χ4v) is 1.78. The number of nitrogens with two attached hydrogens (primary N) is 1. The third-order valence-electron chi connectivity index (χ3n) is 2.76. The minimum atomic E-state index is -0.265. The van der Waals surface area contributed by atoms with Crippen molar-refractivity contribution in [2.24, 2.45) is 0 Å². The van der Waals surface area contributed by atoms with Gasteiger partial charge in [-0.3, -0.25) is 0 Å². The second-order valence-electron chi connectivity index (χ2n) is 4.10. The molecular formula is C15H17ClFNO. The number of anilines is 1. The Balaban J connectivity index is 0.00000180. The summed E-state index contributed by atoms with van der Waals surface area (Å²) in [5, 5.41) is 0. The van der Waals surface area contributed by atoms with Gasteiger partial charge in [0.25, 0.3) is 0 Å².